The number of nitrogens with zero attached hydrogens (tertiary/aromatic N) is 4. The first-order valence-corrected chi connectivity index (χ1v) is 13.5. The fraction of sp³-hybridized carbons (Fsp3) is 0.417. The number of aliphatic hydroxyl groups is 1. The van der Waals surface area contributed by atoms with E-state index in [0.29, 0.717) is 0 Å². The van der Waals surface area contributed by atoms with Crippen molar-refractivity contribution in [2.24, 2.45) is 0 Å². The molecule has 0 amide bonds. The molecule has 208 valence electrons. The lowest BCUT2D eigenvalue weighted by Gasteiger charge is -2.29. The monoisotopic (exact) mass is 562 g/mol. The summed E-state index contributed by atoms with van der Waals surface area (Å²) >= 11 is 0. The molecule has 2 aromatic heterocycles. The zero-order valence-electron chi connectivity index (χ0n) is 21.4. The van der Waals surface area contributed by atoms with Crippen molar-refractivity contribution in [2.45, 2.75) is 57.3 Å². The Morgan fingerprint density at radius 1 is 1.38 bits per heavy atom. The van der Waals surface area contributed by atoms with Crippen molar-refractivity contribution in [3.8, 4) is 18.1 Å². The van der Waals surface area contributed by atoms with Gasteiger partial charge in [0.1, 0.15) is 30.7 Å². The molecule has 5 atom stereocenters. The van der Waals surface area contributed by atoms with Crippen LogP contribution in [0.25, 0.3) is 11.2 Å². The summed E-state index contributed by atoms with van der Waals surface area (Å²) in [5, 5.41) is 13.5. The number of fused-ring (bicyclic) bond motifs is 1. The number of ether oxygens (including phenoxy) is 2. The fourth-order valence-corrected chi connectivity index (χ4v) is 5.38. The number of hydrogen-bond acceptors (Lipinski definition) is 11. The molecule has 39 heavy (non-hydrogen) atoms. The lowest BCUT2D eigenvalue weighted by molar-refractivity contribution is -0.149. The third-order valence-corrected chi connectivity index (χ3v) is 7.38. The van der Waals surface area contributed by atoms with Gasteiger partial charge in [0.05, 0.1) is 12.4 Å². The number of aromatic nitrogens is 4. The van der Waals surface area contributed by atoms with Crippen LogP contribution in [0.2, 0.25) is 0 Å². The molecule has 1 aliphatic rings. The molecule has 1 aromatic carbocycles. The molecule has 0 saturated carbocycles. The van der Waals surface area contributed by atoms with Gasteiger partial charge in [-0.15, -0.1) is 6.42 Å². The Kier molecular flexibility index (Phi) is 8.20. The summed E-state index contributed by atoms with van der Waals surface area (Å²) in [6, 6.07) is 7.03. The number of carbonyl (C=O) groups excluding carboxylic acids is 1. The minimum absolute atomic E-state index is 0.0307. The number of benzene rings is 1. The number of halogens is 1. The van der Waals surface area contributed by atoms with E-state index in [1.165, 1.54) is 17.8 Å². The topological polar surface area (TPSA) is 173 Å². The van der Waals surface area contributed by atoms with Gasteiger partial charge in [-0.05, 0) is 32.9 Å². The van der Waals surface area contributed by atoms with E-state index in [4.69, 9.17) is 30.7 Å². The first-order valence-electron chi connectivity index (χ1n) is 11.9. The number of hydrogen-bond donors (Lipinski definition) is 3. The summed E-state index contributed by atoms with van der Waals surface area (Å²) in [6.07, 6.45) is 3.23. The molecule has 4 rings (SSSR count). The lowest BCUT2D eigenvalue weighted by atomic mass is 9.99. The van der Waals surface area contributed by atoms with E-state index in [9.17, 15) is 18.9 Å². The molecule has 13 nitrogen and oxygen atoms in total. The predicted octanol–water partition coefficient (Wildman–Crippen LogP) is 2.33. The summed E-state index contributed by atoms with van der Waals surface area (Å²) in [5.41, 5.74) is 4.09. The molecule has 15 heteroatoms. The van der Waals surface area contributed by atoms with Crippen molar-refractivity contribution in [1.82, 2.24) is 24.6 Å². The number of aliphatic hydroxyl groups excluding tert-OH is 1. The predicted molar refractivity (Wildman–Crippen MR) is 136 cm³/mol. The smallest absolute Gasteiger partial charge is 0.459 e. The number of nitrogen functional groups attached to an aromatic ring is 1. The van der Waals surface area contributed by atoms with Gasteiger partial charge in [0.25, 0.3) is 0 Å². The van der Waals surface area contributed by atoms with Crippen LogP contribution in [0, 0.1) is 18.4 Å². The number of esters is 1. The number of carbonyl (C=O) groups is 1. The number of nitrogens with two attached hydrogens (primary N) is 1. The van der Waals surface area contributed by atoms with Gasteiger partial charge in [0.15, 0.2) is 22.6 Å². The highest BCUT2D eigenvalue weighted by atomic mass is 31.2. The summed E-state index contributed by atoms with van der Waals surface area (Å²) in [4.78, 5) is 23.6. The highest BCUT2D eigenvalue weighted by molar-refractivity contribution is 7.52. The molecule has 1 saturated heterocycles. The third kappa shape index (κ3) is 6.19. The molecule has 3 aromatic rings. The van der Waals surface area contributed by atoms with Crippen LogP contribution in [-0.2, 0) is 23.4 Å². The molecular weight excluding hydrogens is 534 g/mol. The SMILES string of the molecule is C#C[C@]1(CO[P@](=O)(N[C@@H](C)C(=O)OC(C)C)Oc2ccccc2)O[C@@H](n2cnc3c(N)nc(F)nc32)C[C@@H]1O. The molecule has 0 radical (unpaired) electrons. The first-order chi connectivity index (χ1) is 18.4. The Balaban J connectivity index is 1.57. The minimum Gasteiger partial charge on any atom is -0.462 e. The number of para-hydroxylation sites is 1. The molecule has 0 bridgehead atoms. The van der Waals surface area contributed by atoms with Crippen LogP contribution in [0.15, 0.2) is 36.7 Å². The molecular formula is C24H28FN6O7P. The second-order valence-electron chi connectivity index (χ2n) is 9.07. The molecule has 4 N–H and O–H groups in total. The number of rotatable bonds is 10. The number of terminal acetylenes is 1. The van der Waals surface area contributed by atoms with Gasteiger partial charge in [-0.1, -0.05) is 24.1 Å². The van der Waals surface area contributed by atoms with E-state index in [2.05, 4.69) is 26.0 Å². The minimum atomic E-state index is -4.30. The molecule has 1 fully saturated rings. The Morgan fingerprint density at radius 2 is 2.10 bits per heavy atom. The van der Waals surface area contributed by atoms with E-state index < -0.39 is 56.5 Å². The Morgan fingerprint density at radius 3 is 2.77 bits per heavy atom. The van der Waals surface area contributed by atoms with Crippen LogP contribution >= 0.6 is 7.75 Å². The number of imidazole rings is 1. The van der Waals surface area contributed by atoms with Gasteiger partial charge in [-0.2, -0.15) is 19.4 Å². The summed E-state index contributed by atoms with van der Waals surface area (Å²) < 4.78 is 51.4. The lowest BCUT2D eigenvalue weighted by Crippen LogP contribution is -2.44. The van der Waals surface area contributed by atoms with Gasteiger partial charge in [0, 0.05) is 6.42 Å². The summed E-state index contributed by atoms with van der Waals surface area (Å²) in [6.45, 7) is 4.17. The Hall–Kier alpha value is -3.60. The second kappa shape index (κ2) is 11.3. The van der Waals surface area contributed by atoms with Crippen LogP contribution in [0.4, 0.5) is 10.2 Å². The van der Waals surface area contributed by atoms with Crippen molar-refractivity contribution in [3.05, 3.63) is 42.7 Å². The van der Waals surface area contributed by atoms with Crippen molar-refractivity contribution in [3.63, 3.8) is 0 Å². The van der Waals surface area contributed by atoms with E-state index in [-0.39, 0.29) is 29.2 Å². The van der Waals surface area contributed by atoms with E-state index in [1.54, 1.807) is 44.2 Å². The highest BCUT2D eigenvalue weighted by Crippen LogP contribution is 2.48. The van der Waals surface area contributed by atoms with Crippen molar-refractivity contribution in [1.29, 1.82) is 0 Å². The molecule has 0 spiro atoms. The summed E-state index contributed by atoms with van der Waals surface area (Å²) in [5.74, 6) is 1.70. The fourth-order valence-electron chi connectivity index (χ4n) is 3.86. The third-order valence-electron chi connectivity index (χ3n) is 5.76. The van der Waals surface area contributed by atoms with Gasteiger partial charge in [-0.25, -0.2) is 9.55 Å². The van der Waals surface area contributed by atoms with Gasteiger partial charge in [0.2, 0.25) is 0 Å². The quantitative estimate of drug-likeness (QED) is 0.143. The van der Waals surface area contributed by atoms with Crippen LogP contribution in [0.1, 0.15) is 33.4 Å². The van der Waals surface area contributed by atoms with Crippen molar-refractivity contribution >= 4 is 30.7 Å². The molecule has 3 heterocycles. The van der Waals surface area contributed by atoms with Crippen LogP contribution in [0.3, 0.4) is 0 Å². The number of anilines is 1. The second-order valence-corrected chi connectivity index (χ2v) is 10.8. The largest absolute Gasteiger partial charge is 0.462 e. The molecule has 0 unspecified atom stereocenters. The Bertz CT molecular complexity index is 1430. The average molecular weight is 562 g/mol. The molecule has 0 aliphatic carbocycles. The van der Waals surface area contributed by atoms with Crippen LogP contribution in [0.5, 0.6) is 5.75 Å². The first kappa shape index (κ1) is 28.4. The maximum Gasteiger partial charge on any atom is 0.459 e. The van der Waals surface area contributed by atoms with E-state index in [0.717, 1.165) is 0 Å². The van der Waals surface area contributed by atoms with E-state index >= 15 is 0 Å². The summed E-state index contributed by atoms with van der Waals surface area (Å²) in [7, 11) is -4.30. The zero-order chi connectivity index (χ0) is 28.4. The number of nitrogens with one attached hydrogen (secondary N) is 1. The normalized spacial score (nSPS) is 23.3. The average Bonchev–Trinajstić information content (AvgIpc) is 3.44. The van der Waals surface area contributed by atoms with Crippen molar-refractivity contribution in [2.75, 3.05) is 12.3 Å². The maximum absolute atomic E-state index is 13.8. The van der Waals surface area contributed by atoms with Crippen molar-refractivity contribution < 1.29 is 37.4 Å². The maximum atomic E-state index is 13.8. The van der Waals surface area contributed by atoms with Gasteiger partial charge >= 0.3 is 19.8 Å². The van der Waals surface area contributed by atoms with E-state index in [1.807, 2.05) is 0 Å². The van der Waals surface area contributed by atoms with Gasteiger partial charge in [-0.3, -0.25) is 13.9 Å². The van der Waals surface area contributed by atoms with Gasteiger partial charge < -0.3 is 24.8 Å². The van der Waals surface area contributed by atoms with Crippen LogP contribution in [-0.4, -0.2) is 61.1 Å². The highest BCUT2D eigenvalue weighted by Gasteiger charge is 2.50. The zero-order valence-corrected chi connectivity index (χ0v) is 22.2. The standard InChI is InChI=1S/C24H28FN6O7P/c1-5-24(17(32)11-18(37-24)31-13-27-19-20(26)28-23(25)29-21(19)31)12-35-39(34,38-16-9-7-6-8-10-16)30-15(4)22(33)36-14(2)3/h1,6-10,13-15,17-18,32H,11-12H2,2-4H3,(H,30,34)(H2,26,28,29)/t15-,17-,18+,24+,39+/m0/s1. The van der Waals surface area contributed by atoms with Crippen LogP contribution < -0.4 is 15.3 Å². The molecule has 1 aliphatic heterocycles. The Labute approximate surface area is 223 Å².